The highest BCUT2D eigenvalue weighted by Crippen LogP contribution is 2.29. The van der Waals surface area contributed by atoms with Gasteiger partial charge in [-0.25, -0.2) is 4.98 Å². The number of thioether (sulfide) groups is 1. The molecule has 0 radical (unpaired) electrons. The number of benzene rings is 2. The summed E-state index contributed by atoms with van der Waals surface area (Å²) in [7, 11) is 0. The van der Waals surface area contributed by atoms with Crippen LogP contribution in [0.25, 0.3) is 10.2 Å². The molecule has 0 amide bonds. The number of anilines is 1. The molecule has 0 fully saturated rings. The van der Waals surface area contributed by atoms with Crippen molar-refractivity contribution in [3.05, 3.63) is 53.5 Å². The minimum atomic E-state index is 0.213. The summed E-state index contributed by atoms with van der Waals surface area (Å²) in [4.78, 5) is 5.97. The lowest BCUT2D eigenvalue weighted by atomic mass is 10.2. The summed E-state index contributed by atoms with van der Waals surface area (Å²) in [5, 5.41) is 4.65. The van der Waals surface area contributed by atoms with Crippen molar-refractivity contribution in [1.29, 1.82) is 0 Å². The third-order valence-electron chi connectivity index (χ3n) is 3.13. The van der Waals surface area contributed by atoms with Gasteiger partial charge in [-0.05, 0) is 43.5 Å². The first kappa shape index (κ1) is 13.5. The summed E-state index contributed by atoms with van der Waals surface area (Å²) in [6, 6.07) is 17.0. The van der Waals surface area contributed by atoms with Crippen molar-refractivity contribution in [2.24, 2.45) is 0 Å². The number of fused-ring (bicyclic) bond motifs is 1. The number of thiazole rings is 1. The Balaban J connectivity index is 1.82. The third kappa shape index (κ3) is 2.81. The van der Waals surface area contributed by atoms with E-state index in [0.717, 1.165) is 16.2 Å². The first-order chi connectivity index (χ1) is 9.76. The van der Waals surface area contributed by atoms with Crippen LogP contribution >= 0.6 is 23.1 Å². The van der Waals surface area contributed by atoms with Crippen molar-refractivity contribution in [3.8, 4) is 0 Å². The van der Waals surface area contributed by atoms with E-state index in [0.29, 0.717) is 0 Å². The molecule has 20 heavy (non-hydrogen) atoms. The fourth-order valence-corrected chi connectivity index (χ4v) is 3.53. The summed E-state index contributed by atoms with van der Waals surface area (Å²) < 4.78 is 1.24. The van der Waals surface area contributed by atoms with Crippen molar-refractivity contribution in [2.75, 3.05) is 11.6 Å². The van der Waals surface area contributed by atoms with E-state index in [1.807, 2.05) is 6.07 Å². The molecule has 0 bridgehead atoms. The Labute approximate surface area is 127 Å². The Morgan fingerprint density at radius 1 is 1.15 bits per heavy atom. The van der Waals surface area contributed by atoms with E-state index in [9.17, 15) is 0 Å². The SMILES string of the molecule is CSc1cccc(NC(C)c2nc3ccccc3s2)c1. The van der Waals surface area contributed by atoms with Gasteiger partial charge in [0.1, 0.15) is 5.01 Å². The highest BCUT2D eigenvalue weighted by molar-refractivity contribution is 7.98. The van der Waals surface area contributed by atoms with E-state index in [2.05, 4.69) is 61.0 Å². The lowest BCUT2D eigenvalue weighted by molar-refractivity contribution is 0.873. The quantitative estimate of drug-likeness (QED) is 0.671. The Hall–Kier alpha value is -1.52. The molecule has 0 aliphatic rings. The number of hydrogen-bond donors (Lipinski definition) is 1. The lowest BCUT2D eigenvalue weighted by Gasteiger charge is -2.13. The van der Waals surface area contributed by atoms with Gasteiger partial charge in [0, 0.05) is 10.6 Å². The van der Waals surface area contributed by atoms with Crippen molar-refractivity contribution in [3.63, 3.8) is 0 Å². The van der Waals surface area contributed by atoms with Crippen molar-refractivity contribution in [1.82, 2.24) is 4.98 Å². The summed E-state index contributed by atoms with van der Waals surface area (Å²) in [6.45, 7) is 2.16. The molecule has 1 N–H and O–H groups in total. The van der Waals surface area contributed by atoms with Crippen LogP contribution in [-0.2, 0) is 0 Å². The maximum absolute atomic E-state index is 4.70. The standard InChI is InChI=1S/C16H16N2S2/c1-11(17-12-6-5-7-13(10-12)19-2)16-18-14-8-3-4-9-15(14)20-16/h3-11,17H,1-2H3. The van der Waals surface area contributed by atoms with Crippen LogP contribution in [0.5, 0.6) is 0 Å². The van der Waals surface area contributed by atoms with E-state index >= 15 is 0 Å². The molecule has 0 saturated carbocycles. The molecule has 0 spiro atoms. The minimum Gasteiger partial charge on any atom is -0.376 e. The molecule has 0 saturated heterocycles. The average molecular weight is 300 g/mol. The Bertz CT molecular complexity index is 688. The second kappa shape index (κ2) is 5.85. The van der Waals surface area contributed by atoms with Gasteiger partial charge in [-0.3, -0.25) is 0 Å². The predicted molar refractivity (Wildman–Crippen MR) is 89.9 cm³/mol. The first-order valence-corrected chi connectivity index (χ1v) is 8.56. The van der Waals surface area contributed by atoms with Crippen LogP contribution in [0.4, 0.5) is 5.69 Å². The Morgan fingerprint density at radius 2 is 2.00 bits per heavy atom. The monoisotopic (exact) mass is 300 g/mol. The number of nitrogens with zero attached hydrogens (tertiary/aromatic N) is 1. The van der Waals surface area contributed by atoms with Crippen LogP contribution in [0.1, 0.15) is 18.0 Å². The molecule has 2 nitrogen and oxygen atoms in total. The van der Waals surface area contributed by atoms with Crippen molar-refractivity contribution >= 4 is 39.0 Å². The molecule has 2 aromatic carbocycles. The van der Waals surface area contributed by atoms with Gasteiger partial charge in [0.05, 0.1) is 16.3 Å². The minimum absolute atomic E-state index is 0.213. The van der Waals surface area contributed by atoms with Gasteiger partial charge in [-0.1, -0.05) is 18.2 Å². The van der Waals surface area contributed by atoms with Crippen LogP contribution in [-0.4, -0.2) is 11.2 Å². The van der Waals surface area contributed by atoms with Gasteiger partial charge in [-0.15, -0.1) is 23.1 Å². The average Bonchev–Trinajstić information content (AvgIpc) is 2.91. The van der Waals surface area contributed by atoms with Gasteiger partial charge in [0.15, 0.2) is 0 Å². The maximum Gasteiger partial charge on any atom is 0.116 e. The molecular formula is C16H16N2S2. The molecule has 1 unspecified atom stereocenters. The summed E-state index contributed by atoms with van der Waals surface area (Å²) in [5.74, 6) is 0. The first-order valence-electron chi connectivity index (χ1n) is 6.52. The van der Waals surface area contributed by atoms with E-state index in [1.54, 1.807) is 23.1 Å². The molecule has 1 aromatic heterocycles. The van der Waals surface area contributed by atoms with Gasteiger partial charge in [0.2, 0.25) is 0 Å². The zero-order valence-electron chi connectivity index (χ0n) is 11.5. The number of rotatable bonds is 4. The van der Waals surface area contributed by atoms with Gasteiger partial charge in [-0.2, -0.15) is 0 Å². The Kier molecular flexibility index (Phi) is 3.94. The third-order valence-corrected chi connectivity index (χ3v) is 5.08. The molecule has 0 aliphatic heterocycles. The van der Waals surface area contributed by atoms with Gasteiger partial charge < -0.3 is 5.32 Å². The van der Waals surface area contributed by atoms with E-state index in [1.165, 1.54) is 9.60 Å². The number of para-hydroxylation sites is 1. The number of aromatic nitrogens is 1. The maximum atomic E-state index is 4.70. The number of nitrogens with one attached hydrogen (secondary N) is 1. The second-order valence-electron chi connectivity index (χ2n) is 4.62. The summed E-state index contributed by atoms with van der Waals surface area (Å²) in [6.07, 6.45) is 2.09. The fraction of sp³-hybridized carbons (Fsp3) is 0.188. The lowest BCUT2D eigenvalue weighted by Crippen LogP contribution is -2.05. The second-order valence-corrected chi connectivity index (χ2v) is 6.56. The Morgan fingerprint density at radius 3 is 2.80 bits per heavy atom. The van der Waals surface area contributed by atoms with E-state index in [-0.39, 0.29) is 6.04 Å². The number of hydrogen-bond acceptors (Lipinski definition) is 4. The van der Waals surface area contributed by atoms with E-state index in [4.69, 9.17) is 4.98 Å². The van der Waals surface area contributed by atoms with Crippen molar-refractivity contribution in [2.45, 2.75) is 17.9 Å². The van der Waals surface area contributed by atoms with Crippen molar-refractivity contribution < 1.29 is 0 Å². The summed E-state index contributed by atoms with van der Waals surface area (Å²) in [5.41, 5.74) is 2.22. The van der Waals surface area contributed by atoms with Crippen LogP contribution in [0, 0.1) is 0 Å². The molecule has 102 valence electrons. The normalized spacial score (nSPS) is 12.5. The highest BCUT2D eigenvalue weighted by atomic mass is 32.2. The van der Waals surface area contributed by atoms with Gasteiger partial charge >= 0.3 is 0 Å². The summed E-state index contributed by atoms with van der Waals surface area (Å²) >= 11 is 3.51. The molecule has 1 heterocycles. The largest absolute Gasteiger partial charge is 0.376 e. The zero-order valence-corrected chi connectivity index (χ0v) is 13.1. The molecule has 1 atom stereocenters. The van der Waals surface area contributed by atoms with Crippen LogP contribution < -0.4 is 5.32 Å². The zero-order chi connectivity index (χ0) is 13.9. The van der Waals surface area contributed by atoms with Crippen LogP contribution in [0.3, 0.4) is 0 Å². The van der Waals surface area contributed by atoms with Gasteiger partial charge in [0.25, 0.3) is 0 Å². The van der Waals surface area contributed by atoms with E-state index < -0.39 is 0 Å². The smallest absolute Gasteiger partial charge is 0.116 e. The topological polar surface area (TPSA) is 24.9 Å². The highest BCUT2D eigenvalue weighted by Gasteiger charge is 2.11. The molecule has 0 aliphatic carbocycles. The fourth-order valence-electron chi connectivity index (χ4n) is 2.10. The van der Waals surface area contributed by atoms with Crippen LogP contribution in [0.15, 0.2) is 53.4 Å². The molecule has 4 heteroatoms. The molecule has 3 rings (SSSR count). The molecular weight excluding hydrogens is 284 g/mol. The van der Waals surface area contributed by atoms with Crippen LogP contribution in [0.2, 0.25) is 0 Å². The predicted octanol–water partition coefficient (Wildman–Crippen LogP) is 5.19. The molecule has 3 aromatic rings.